The van der Waals surface area contributed by atoms with Gasteiger partial charge in [-0.1, -0.05) is 24.3 Å². The number of carbonyl (C=O) groups is 1. The minimum Gasteiger partial charge on any atom is -0.481 e. The molecule has 0 atom stereocenters. The number of fused-ring (bicyclic) bond motifs is 1. The number of aromatic nitrogens is 1. The normalized spacial score (nSPS) is 10.5. The number of carboxylic acid groups (broad SMARTS) is 1. The lowest BCUT2D eigenvalue weighted by Gasteiger charge is -2.04. The number of rotatable bonds is 4. The highest BCUT2D eigenvalue weighted by Gasteiger charge is 2.03. The van der Waals surface area contributed by atoms with E-state index in [-0.39, 0.29) is 6.42 Å². The highest BCUT2D eigenvalue weighted by molar-refractivity contribution is 7.99. The first-order valence-electron chi connectivity index (χ1n) is 4.95. The van der Waals surface area contributed by atoms with Gasteiger partial charge < -0.3 is 5.11 Å². The van der Waals surface area contributed by atoms with E-state index in [4.69, 9.17) is 5.11 Å². The van der Waals surface area contributed by atoms with Gasteiger partial charge in [0.2, 0.25) is 0 Å². The van der Waals surface area contributed by atoms with E-state index in [0.717, 1.165) is 15.7 Å². The van der Waals surface area contributed by atoms with Crippen LogP contribution in [-0.4, -0.2) is 21.8 Å². The Morgan fingerprint density at radius 1 is 1.31 bits per heavy atom. The molecule has 0 bridgehead atoms. The summed E-state index contributed by atoms with van der Waals surface area (Å²) in [6.45, 7) is 0. The van der Waals surface area contributed by atoms with Gasteiger partial charge >= 0.3 is 5.97 Å². The monoisotopic (exact) mass is 233 g/mol. The Labute approximate surface area is 97.5 Å². The summed E-state index contributed by atoms with van der Waals surface area (Å²) in [5.74, 6) is -0.189. The smallest absolute Gasteiger partial charge is 0.304 e. The zero-order valence-corrected chi connectivity index (χ0v) is 9.41. The van der Waals surface area contributed by atoms with Crippen molar-refractivity contribution in [2.24, 2.45) is 0 Å². The third-order valence-corrected chi connectivity index (χ3v) is 3.25. The van der Waals surface area contributed by atoms with Crippen molar-refractivity contribution in [2.45, 2.75) is 11.3 Å². The van der Waals surface area contributed by atoms with Crippen LogP contribution in [0.3, 0.4) is 0 Å². The standard InChI is InChI=1S/C12H11NO2S/c14-12(15)5-6-16-11-8-13-7-9-3-1-2-4-10(9)11/h1-4,7-8H,5-6H2,(H,14,15). The molecule has 0 spiro atoms. The van der Waals surface area contributed by atoms with Crippen LogP contribution in [0.1, 0.15) is 6.42 Å². The lowest BCUT2D eigenvalue weighted by atomic mass is 10.2. The van der Waals surface area contributed by atoms with Gasteiger partial charge in [0.05, 0.1) is 6.42 Å². The van der Waals surface area contributed by atoms with Gasteiger partial charge in [-0.3, -0.25) is 9.78 Å². The first-order valence-corrected chi connectivity index (χ1v) is 5.93. The fourth-order valence-corrected chi connectivity index (χ4v) is 2.43. The second kappa shape index (κ2) is 4.99. The molecule has 0 radical (unpaired) electrons. The SMILES string of the molecule is O=C(O)CCSc1cncc2ccccc12. The van der Waals surface area contributed by atoms with E-state index in [1.54, 1.807) is 6.20 Å². The third kappa shape index (κ3) is 2.52. The third-order valence-electron chi connectivity index (χ3n) is 2.21. The maximum absolute atomic E-state index is 10.4. The topological polar surface area (TPSA) is 50.2 Å². The quantitative estimate of drug-likeness (QED) is 0.825. The van der Waals surface area contributed by atoms with Crippen LogP contribution >= 0.6 is 11.8 Å². The molecule has 3 nitrogen and oxygen atoms in total. The summed E-state index contributed by atoms with van der Waals surface area (Å²) in [5.41, 5.74) is 0. The Hall–Kier alpha value is -1.55. The minimum absolute atomic E-state index is 0.174. The van der Waals surface area contributed by atoms with Crippen LogP contribution in [0.4, 0.5) is 0 Å². The van der Waals surface area contributed by atoms with Gasteiger partial charge in [0.25, 0.3) is 0 Å². The number of thioether (sulfide) groups is 1. The van der Waals surface area contributed by atoms with Crippen LogP contribution in [0.15, 0.2) is 41.6 Å². The fourth-order valence-electron chi connectivity index (χ4n) is 1.45. The summed E-state index contributed by atoms with van der Waals surface area (Å²) in [5, 5.41) is 10.8. The van der Waals surface area contributed by atoms with Gasteiger partial charge in [-0.2, -0.15) is 0 Å². The molecule has 0 unspecified atom stereocenters. The van der Waals surface area contributed by atoms with Crippen molar-refractivity contribution in [3.63, 3.8) is 0 Å². The lowest BCUT2D eigenvalue weighted by Crippen LogP contribution is -1.95. The van der Waals surface area contributed by atoms with Crippen LogP contribution in [-0.2, 0) is 4.79 Å². The summed E-state index contributed by atoms with van der Waals surface area (Å²) in [6, 6.07) is 7.98. The molecular weight excluding hydrogens is 222 g/mol. The van der Waals surface area contributed by atoms with Crippen molar-refractivity contribution in [3.05, 3.63) is 36.7 Å². The van der Waals surface area contributed by atoms with E-state index in [0.29, 0.717) is 5.75 Å². The van der Waals surface area contributed by atoms with E-state index in [1.165, 1.54) is 11.8 Å². The van der Waals surface area contributed by atoms with Gasteiger partial charge in [-0.25, -0.2) is 0 Å². The Kier molecular flexibility index (Phi) is 3.41. The molecule has 1 aromatic heterocycles. The predicted molar refractivity (Wildman–Crippen MR) is 64.7 cm³/mol. The Bertz CT molecular complexity index is 508. The zero-order valence-electron chi connectivity index (χ0n) is 8.59. The summed E-state index contributed by atoms with van der Waals surface area (Å²) in [6.07, 6.45) is 3.78. The van der Waals surface area contributed by atoms with E-state index >= 15 is 0 Å². The molecule has 0 aliphatic carbocycles. The second-order valence-electron chi connectivity index (χ2n) is 3.35. The van der Waals surface area contributed by atoms with Gasteiger partial charge in [-0.05, 0) is 5.39 Å². The molecular formula is C12H11NO2S. The summed E-state index contributed by atoms with van der Waals surface area (Å²) >= 11 is 1.53. The average Bonchev–Trinajstić information content (AvgIpc) is 2.29. The maximum Gasteiger partial charge on any atom is 0.304 e. The molecule has 1 aromatic carbocycles. The molecule has 0 aliphatic heterocycles. The van der Waals surface area contributed by atoms with Gasteiger partial charge in [0.1, 0.15) is 0 Å². The van der Waals surface area contributed by atoms with Crippen LogP contribution in [0.2, 0.25) is 0 Å². The first-order chi connectivity index (χ1) is 7.77. The van der Waals surface area contributed by atoms with Crippen LogP contribution in [0.5, 0.6) is 0 Å². The Balaban J connectivity index is 2.20. The zero-order chi connectivity index (χ0) is 11.4. The molecule has 1 heterocycles. The molecule has 16 heavy (non-hydrogen) atoms. The molecule has 4 heteroatoms. The first kappa shape index (κ1) is 11.0. The highest BCUT2D eigenvalue weighted by atomic mass is 32.2. The van der Waals surface area contributed by atoms with Crippen molar-refractivity contribution in [1.82, 2.24) is 4.98 Å². The van der Waals surface area contributed by atoms with Crippen LogP contribution < -0.4 is 0 Å². The molecule has 1 N–H and O–H groups in total. The number of hydrogen-bond donors (Lipinski definition) is 1. The number of benzene rings is 1. The summed E-state index contributed by atoms with van der Waals surface area (Å²) in [4.78, 5) is 15.6. The lowest BCUT2D eigenvalue weighted by molar-refractivity contribution is -0.136. The van der Waals surface area contributed by atoms with Crippen molar-refractivity contribution >= 4 is 28.5 Å². The molecule has 0 amide bonds. The largest absolute Gasteiger partial charge is 0.481 e. The maximum atomic E-state index is 10.4. The van der Waals surface area contributed by atoms with Crippen molar-refractivity contribution < 1.29 is 9.90 Å². The molecule has 0 saturated heterocycles. The molecule has 0 saturated carbocycles. The van der Waals surface area contributed by atoms with E-state index in [1.807, 2.05) is 30.5 Å². The van der Waals surface area contributed by atoms with Crippen molar-refractivity contribution in [3.8, 4) is 0 Å². The van der Waals surface area contributed by atoms with Crippen molar-refractivity contribution in [1.29, 1.82) is 0 Å². The van der Waals surface area contributed by atoms with Crippen molar-refractivity contribution in [2.75, 3.05) is 5.75 Å². The van der Waals surface area contributed by atoms with Gasteiger partial charge in [0, 0.05) is 28.4 Å². The number of aliphatic carboxylic acids is 1. The number of pyridine rings is 1. The molecule has 2 aromatic rings. The molecule has 2 rings (SSSR count). The van der Waals surface area contributed by atoms with Crippen LogP contribution in [0.25, 0.3) is 10.8 Å². The number of nitrogens with zero attached hydrogens (tertiary/aromatic N) is 1. The minimum atomic E-state index is -0.763. The van der Waals surface area contributed by atoms with Gasteiger partial charge in [0.15, 0.2) is 0 Å². The Morgan fingerprint density at radius 2 is 2.12 bits per heavy atom. The van der Waals surface area contributed by atoms with Gasteiger partial charge in [-0.15, -0.1) is 11.8 Å². The summed E-state index contributed by atoms with van der Waals surface area (Å²) < 4.78 is 0. The second-order valence-corrected chi connectivity index (χ2v) is 4.49. The molecule has 0 aliphatic rings. The fraction of sp³-hybridized carbons (Fsp3) is 0.167. The average molecular weight is 233 g/mol. The van der Waals surface area contributed by atoms with E-state index in [9.17, 15) is 4.79 Å². The van der Waals surface area contributed by atoms with E-state index < -0.39 is 5.97 Å². The van der Waals surface area contributed by atoms with E-state index in [2.05, 4.69) is 4.98 Å². The van der Waals surface area contributed by atoms with Crippen LogP contribution in [0, 0.1) is 0 Å². The molecule has 0 fully saturated rings. The highest BCUT2D eigenvalue weighted by Crippen LogP contribution is 2.26. The number of carboxylic acids is 1. The molecule has 82 valence electrons. The Morgan fingerprint density at radius 3 is 2.94 bits per heavy atom. The summed E-state index contributed by atoms with van der Waals surface area (Å²) in [7, 11) is 0. The predicted octanol–water partition coefficient (Wildman–Crippen LogP) is 2.80. The number of hydrogen-bond acceptors (Lipinski definition) is 3.